The Morgan fingerprint density at radius 2 is 2.24 bits per heavy atom. The first-order valence-electron chi connectivity index (χ1n) is 5.81. The Bertz CT molecular complexity index is 429. The summed E-state index contributed by atoms with van der Waals surface area (Å²) in [5, 5.41) is 12.0. The molecular formula is C13H17NO3. The Hall–Kier alpha value is -1.55. The number of benzene rings is 1. The van der Waals surface area contributed by atoms with Crippen LogP contribution in [0.25, 0.3) is 0 Å². The Morgan fingerprint density at radius 1 is 1.47 bits per heavy atom. The molecule has 4 heteroatoms. The van der Waals surface area contributed by atoms with E-state index in [0.29, 0.717) is 13.0 Å². The zero-order valence-corrected chi connectivity index (χ0v) is 10.1. The van der Waals surface area contributed by atoms with E-state index in [-0.39, 0.29) is 6.10 Å². The lowest BCUT2D eigenvalue weighted by atomic mass is 9.95. The van der Waals surface area contributed by atoms with Crippen molar-refractivity contribution in [3.63, 3.8) is 0 Å². The van der Waals surface area contributed by atoms with E-state index in [1.54, 1.807) is 0 Å². The summed E-state index contributed by atoms with van der Waals surface area (Å²) in [6.45, 7) is 4.55. The van der Waals surface area contributed by atoms with Gasteiger partial charge in [0, 0.05) is 6.54 Å². The van der Waals surface area contributed by atoms with Crippen LogP contribution in [-0.4, -0.2) is 23.2 Å². The summed E-state index contributed by atoms with van der Waals surface area (Å²) in [5.74, 6) is 0.00983. The molecular weight excluding hydrogens is 218 g/mol. The van der Waals surface area contributed by atoms with Crippen LogP contribution >= 0.6 is 0 Å². The van der Waals surface area contributed by atoms with Gasteiger partial charge in [0.1, 0.15) is 11.8 Å². The van der Waals surface area contributed by atoms with E-state index in [1.165, 1.54) is 0 Å². The van der Waals surface area contributed by atoms with E-state index in [0.717, 1.165) is 16.9 Å². The molecule has 0 aliphatic carbocycles. The number of hydrogen-bond acceptors (Lipinski definition) is 3. The largest absolute Gasteiger partial charge is 0.491 e. The number of nitrogens with one attached hydrogen (secondary N) is 1. The lowest BCUT2D eigenvalue weighted by Crippen LogP contribution is -2.41. The third kappa shape index (κ3) is 2.77. The van der Waals surface area contributed by atoms with Gasteiger partial charge in [0.25, 0.3) is 0 Å². The van der Waals surface area contributed by atoms with Gasteiger partial charge in [0.2, 0.25) is 0 Å². The normalized spacial score (nSPS) is 18.9. The fraction of sp³-hybridized carbons (Fsp3) is 0.462. The molecule has 1 aromatic carbocycles. The summed E-state index contributed by atoms with van der Waals surface area (Å²) >= 11 is 0. The predicted molar refractivity (Wildman–Crippen MR) is 64.2 cm³/mol. The number of carboxylic acids is 1. The van der Waals surface area contributed by atoms with E-state index in [2.05, 4.69) is 5.32 Å². The zero-order valence-electron chi connectivity index (χ0n) is 10.1. The fourth-order valence-corrected chi connectivity index (χ4v) is 2.01. The van der Waals surface area contributed by atoms with Gasteiger partial charge in [-0.2, -0.15) is 0 Å². The molecule has 92 valence electrons. The highest BCUT2D eigenvalue weighted by Gasteiger charge is 2.23. The number of carbonyl (C=O) groups is 1. The second-order valence-electron chi connectivity index (χ2n) is 4.57. The summed E-state index contributed by atoms with van der Waals surface area (Å²) in [7, 11) is 0. The van der Waals surface area contributed by atoms with Crippen molar-refractivity contribution in [2.75, 3.05) is 0 Å². The van der Waals surface area contributed by atoms with Crippen LogP contribution in [0.3, 0.4) is 0 Å². The van der Waals surface area contributed by atoms with Crippen LogP contribution in [0.4, 0.5) is 0 Å². The average molecular weight is 235 g/mol. The van der Waals surface area contributed by atoms with Gasteiger partial charge >= 0.3 is 5.97 Å². The summed E-state index contributed by atoms with van der Waals surface area (Å²) < 4.78 is 5.61. The summed E-state index contributed by atoms with van der Waals surface area (Å²) in [6, 6.07) is 5.39. The van der Waals surface area contributed by atoms with Crippen LogP contribution in [0.2, 0.25) is 0 Å². The second kappa shape index (κ2) is 4.75. The molecule has 1 atom stereocenters. The van der Waals surface area contributed by atoms with Gasteiger partial charge in [-0.25, -0.2) is 0 Å². The van der Waals surface area contributed by atoms with Crippen LogP contribution in [0, 0.1) is 0 Å². The summed E-state index contributed by atoms with van der Waals surface area (Å²) in [5.41, 5.74) is 2.22. The van der Waals surface area contributed by atoms with Crippen molar-refractivity contribution >= 4 is 5.97 Å². The number of rotatable bonds is 3. The van der Waals surface area contributed by atoms with Crippen molar-refractivity contribution in [3.8, 4) is 5.75 Å². The van der Waals surface area contributed by atoms with Crippen molar-refractivity contribution in [2.45, 2.75) is 39.0 Å². The predicted octanol–water partition coefficient (Wildman–Crippen LogP) is 1.57. The molecule has 17 heavy (non-hydrogen) atoms. The quantitative estimate of drug-likeness (QED) is 0.835. The van der Waals surface area contributed by atoms with Crippen LogP contribution < -0.4 is 10.1 Å². The van der Waals surface area contributed by atoms with Crippen LogP contribution in [0.5, 0.6) is 5.75 Å². The smallest absolute Gasteiger partial charge is 0.321 e. The molecule has 0 spiro atoms. The fourth-order valence-electron chi connectivity index (χ4n) is 2.01. The SMILES string of the molecule is CC(C)Oc1ccc2c(c1)CC(C(=O)O)NC2. The minimum Gasteiger partial charge on any atom is -0.491 e. The summed E-state index contributed by atoms with van der Waals surface area (Å²) in [4.78, 5) is 10.9. The van der Waals surface area contributed by atoms with E-state index in [9.17, 15) is 4.79 Å². The van der Waals surface area contributed by atoms with Crippen molar-refractivity contribution in [1.29, 1.82) is 0 Å². The van der Waals surface area contributed by atoms with Gasteiger partial charge in [-0.3, -0.25) is 4.79 Å². The van der Waals surface area contributed by atoms with Crippen molar-refractivity contribution in [2.24, 2.45) is 0 Å². The number of fused-ring (bicyclic) bond motifs is 1. The number of hydrogen-bond donors (Lipinski definition) is 2. The maximum absolute atomic E-state index is 10.9. The molecule has 1 aliphatic heterocycles. The maximum Gasteiger partial charge on any atom is 0.321 e. The molecule has 2 rings (SSSR count). The Morgan fingerprint density at radius 3 is 2.88 bits per heavy atom. The first kappa shape index (κ1) is 11.9. The minimum atomic E-state index is -0.800. The third-order valence-electron chi connectivity index (χ3n) is 2.81. The lowest BCUT2D eigenvalue weighted by Gasteiger charge is -2.24. The van der Waals surface area contributed by atoms with Gasteiger partial charge in [-0.05, 0) is 43.5 Å². The standard InChI is InChI=1S/C13H17NO3/c1-8(2)17-11-4-3-9-7-14-12(13(15)16)6-10(9)5-11/h3-5,8,12,14H,6-7H2,1-2H3,(H,15,16). The van der Waals surface area contributed by atoms with Crippen LogP contribution in [0.1, 0.15) is 25.0 Å². The molecule has 0 saturated heterocycles. The van der Waals surface area contributed by atoms with E-state index < -0.39 is 12.0 Å². The zero-order chi connectivity index (χ0) is 12.4. The Kier molecular flexibility index (Phi) is 3.33. The molecule has 1 aromatic rings. The molecule has 1 unspecified atom stereocenters. The van der Waals surface area contributed by atoms with E-state index >= 15 is 0 Å². The van der Waals surface area contributed by atoms with E-state index in [4.69, 9.17) is 9.84 Å². The first-order valence-corrected chi connectivity index (χ1v) is 5.81. The molecule has 0 aromatic heterocycles. The summed E-state index contributed by atoms with van der Waals surface area (Å²) in [6.07, 6.45) is 0.644. The molecule has 0 fully saturated rings. The highest BCUT2D eigenvalue weighted by atomic mass is 16.5. The molecule has 1 aliphatic rings. The minimum absolute atomic E-state index is 0.130. The number of aliphatic carboxylic acids is 1. The first-order chi connectivity index (χ1) is 8.06. The molecule has 1 heterocycles. The van der Waals surface area contributed by atoms with E-state index in [1.807, 2.05) is 32.0 Å². The molecule has 2 N–H and O–H groups in total. The maximum atomic E-state index is 10.9. The van der Waals surface area contributed by atoms with Crippen molar-refractivity contribution in [3.05, 3.63) is 29.3 Å². The molecule has 0 saturated carbocycles. The van der Waals surface area contributed by atoms with Gasteiger partial charge in [-0.15, -0.1) is 0 Å². The molecule has 0 bridgehead atoms. The van der Waals surface area contributed by atoms with Gasteiger partial charge in [-0.1, -0.05) is 6.07 Å². The monoisotopic (exact) mass is 235 g/mol. The topological polar surface area (TPSA) is 58.6 Å². The van der Waals surface area contributed by atoms with Gasteiger partial charge in [0.05, 0.1) is 6.10 Å². The highest BCUT2D eigenvalue weighted by molar-refractivity contribution is 5.74. The number of carboxylic acid groups (broad SMARTS) is 1. The lowest BCUT2D eigenvalue weighted by molar-refractivity contribution is -0.139. The molecule has 0 radical (unpaired) electrons. The third-order valence-corrected chi connectivity index (χ3v) is 2.81. The van der Waals surface area contributed by atoms with Gasteiger partial charge in [0.15, 0.2) is 0 Å². The van der Waals surface area contributed by atoms with Gasteiger partial charge < -0.3 is 15.2 Å². The van der Waals surface area contributed by atoms with Crippen LogP contribution in [-0.2, 0) is 17.8 Å². The molecule has 0 amide bonds. The Balaban J connectivity index is 2.19. The average Bonchev–Trinajstić information content (AvgIpc) is 2.27. The van der Waals surface area contributed by atoms with Crippen molar-refractivity contribution in [1.82, 2.24) is 5.32 Å². The number of ether oxygens (including phenoxy) is 1. The van der Waals surface area contributed by atoms with Crippen LogP contribution in [0.15, 0.2) is 18.2 Å². The van der Waals surface area contributed by atoms with Crippen molar-refractivity contribution < 1.29 is 14.6 Å². The Labute approximate surface area is 101 Å². The highest BCUT2D eigenvalue weighted by Crippen LogP contribution is 2.23. The molecule has 4 nitrogen and oxygen atoms in total. The second-order valence-corrected chi connectivity index (χ2v) is 4.57.